The van der Waals surface area contributed by atoms with Crippen molar-refractivity contribution < 1.29 is 13.2 Å². The molecule has 0 amide bonds. The standard InChI is InChI=1S/C18H12F3N3/c1-24-16-8-3-2-7-15(16)23-17(24)13(11-22)9-12-5-4-6-14(10-12)18(19,20)21/h2-10H,1H3/b13-9+. The third-order valence-electron chi connectivity index (χ3n) is 3.67. The molecule has 0 saturated heterocycles. The molecule has 3 aromatic rings. The summed E-state index contributed by atoms with van der Waals surface area (Å²) in [5, 5.41) is 9.43. The van der Waals surface area contributed by atoms with E-state index in [1.165, 1.54) is 18.2 Å². The van der Waals surface area contributed by atoms with Crippen LogP contribution in [0.3, 0.4) is 0 Å². The van der Waals surface area contributed by atoms with Crippen molar-refractivity contribution in [3.8, 4) is 6.07 Å². The predicted molar refractivity (Wildman–Crippen MR) is 85.6 cm³/mol. The number of hydrogen-bond donors (Lipinski definition) is 0. The van der Waals surface area contributed by atoms with Gasteiger partial charge in [0.25, 0.3) is 0 Å². The number of hydrogen-bond acceptors (Lipinski definition) is 2. The largest absolute Gasteiger partial charge is 0.416 e. The van der Waals surface area contributed by atoms with Crippen molar-refractivity contribution in [3.63, 3.8) is 0 Å². The van der Waals surface area contributed by atoms with E-state index in [-0.39, 0.29) is 5.57 Å². The predicted octanol–water partition coefficient (Wildman–Crippen LogP) is 4.66. The summed E-state index contributed by atoms with van der Waals surface area (Å²) in [4.78, 5) is 4.40. The molecule has 0 bridgehead atoms. The molecule has 0 atom stereocenters. The van der Waals surface area contributed by atoms with Crippen molar-refractivity contribution in [2.45, 2.75) is 6.18 Å². The van der Waals surface area contributed by atoms with E-state index in [9.17, 15) is 18.4 Å². The number of halogens is 3. The van der Waals surface area contributed by atoms with Gasteiger partial charge >= 0.3 is 6.18 Å². The summed E-state index contributed by atoms with van der Waals surface area (Å²) in [6.45, 7) is 0. The van der Waals surface area contributed by atoms with Gasteiger partial charge in [-0.15, -0.1) is 0 Å². The number of nitrogens with zero attached hydrogens (tertiary/aromatic N) is 3. The number of benzene rings is 2. The van der Waals surface area contributed by atoms with Crippen molar-refractivity contribution in [2.75, 3.05) is 0 Å². The van der Waals surface area contributed by atoms with Gasteiger partial charge in [0.2, 0.25) is 0 Å². The van der Waals surface area contributed by atoms with Crippen LogP contribution in [0.15, 0.2) is 48.5 Å². The molecule has 24 heavy (non-hydrogen) atoms. The number of allylic oxidation sites excluding steroid dienone is 1. The molecule has 2 aromatic carbocycles. The van der Waals surface area contributed by atoms with Gasteiger partial charge in [-0.25, -0.2) is 4.98 Å². The zero-order valence-electron chi connectivity index (χ0n) is 12.7. The summed E-state index contributed by atoms with van der Waals surface area (Å²) >= 11 is 0. The van der Waals surface area contributed by atoms with Gasteiger partial charge in [0, 0.05) is 7.05 Å². The van der Waals surface area contributed by atoms with Gasteiger partial charge in [0.1, 0.15) is 6.07 Å². The Morgan fingerprint density at radius 1 is 1.17 bits per heavy atom. The van der Waals surface area contributed by atoms with Crippen molar-refractivity contribution >= 4 is 22.7 Å². The minimum absolute atomic E-state index is 0.202. The van der Waals surface area contributed by atoms with Gasteiger partial charge < -0.3 is 4.57 Å². The maximum Gasteiger partial charge on any atom is 0.416 e. The Morgan fingerprint density at radius 2 is 1.92 bits per heavy atom. The van der Waals surface area contributed by atoms with Crippen molar-refractivity contribution in [1.29, 1.82) is 5.26 Å². The van der Waals surface area contributed by atoms with Crippen molar-refractivity contribution in [3.05, 3.63) is 65.5 Å². The van der Waals surface area contributed by atoms with Crippen LogP contribution in [0.2, 0.25) is 0 Å². The first-order valence-electron chi connectivity index (χ1n) is 7.11. The maximum atomic E-state index is 12.8. The van der Waals surface area contributed by atoms with E-state index in [2.05, 4.69) is 4.98 Å². The van der Waals surface area contributed by atoms with E-state index < -0.39 is 11.7 Å². The highest BCUT2D eigenvalue weighted by Gasteiger charge is 2.30. The number of rotatable bonds is 2. The molecule has 0 fully saturated rings. The van der Waals surface area contributed by atoms with Crippen LogP contribution in [0, 0.1) is 11.3 Å². The summed E-state index contributed by atoms with van der Waals surface area (Å²) in [6.07, 6.45) is -3.01. The molecule has 6 heteroatoms. The number of aromatic nitrogens is 2. The van der Waals surface area contributed by atoms with Crippen LogP contribution in [-0.2, 0) is 13.2 Å². The molecule has 0 aliphatic heterocycles. The molecular weight excluding hydrogens is 315 g/mol. The van der Waals surface area contributed by atoms with E-state index >= 15 is 0 Å². The lowest BCUT2D eigenvalue weighted by Gasteiger charge is -2.07. The summed E-state index contributed by atoms with van der Waals surface area (Å²) in [7, 11) is 1.77. The quantitative estimate of drug-likeness (QED) is 0.643. The minimum Gasteiger partial charge on any atom is -0.327 e. The van der Waals surface area contributed by atoms with Gasteiger partial charge in [-0.2, -0.15) is 18.4 Å². The second-order valence-corrected chi connectivity index (χ2v) is 5.28. The Kier molecular flexibility index (Phi) is 3.86. The Morgan fingerprint density at radius 3 is 2.58 bits per heavy atom. The first-order chi connectivity index (χ1) is 11.4. The van der Waals surface area contributed by atoms with E-state index in [4.69, 9.17) is 0 Å². The average Bonchev–Trinajstić information content (AvgIpc) is 2.89. The summed E-state index contributed by atoms with van der Waals surface area (Å²) in [5.41, 5.74) is 1.32. The van der Waals surface area contributed by atoms with Crippen LogP contribution in [0.25, 0.3) is 22.7 Å². The first kappa shape index (κ1) is 15.8. The Hall–Kier alpha value is -3.07. The number of alkyl halides is 3. The fourth-order valence-electron chi connectivity index (χ4n) is 2.50. The molecule has 0 aliphatic carbocycles. The number of fused-ring (bicyclic) bond motifs is 1. The molecule has 0 radical (unpaired) electrons. The van der Waals surface area contributed by atoms with Crippen LogP contribution in [0.4, 0.5) is 13.2 Å². The van der Waals surface area contributed by atoms with Crippen LogP contribution < -0.4 is 0 Å². The lowest BCUT2D eigenvalue weighted by atomic mass is 10.1. The van der Waals surface area contributed by atoms with Crippen LogP contribution in [0.1, 0.15) is 17.0 Å². The SMILES string of the molecule is Cn1c(/C(C#N)=C/c2cccc(C(F)(F)F)c2)nc2ccccc21. The van der Waals surface area contributed by atoms with Gasteiger partial charge in [0.15, 0.2) is 5.82 Å². The Balaban J connectivity index is 2.10. The molecule has 0 saturated carbocycles. The average molecular weight is 327 g/mol. The van der Waals surface area contributed by atoms with Gasteiger partial charge in [-0.3, -0.25) is 0 Å². The molecule has 0 spiro atoms. The fourth-order valence-corrected chi connectivity index (χ4v) is 2.50. The third kappa shape index (κ3) is 2.88. The van der Waals surface area contributed by atoms with Crippen LogP contribution in [0.5, 0.6) is 0 Å². The molecule has 120 valence electrons. The molecule has 1 heterocycles. The van der Waals surface area contributed by atoms with Crippen molar-refractivity contribution in [1.82, 2.24) is 9.55 Å². The normalized spacial score (nSPS) is 12.4. The minimum atomic E-state index is -4.42. The summed E-state index contributed by atoms with van der Waals surface area (Å²) in [6, 6.07) is 14.3. The van der Waals surface area contributed by atoms with E-state index in [0.29, 0.717) is 11.4 Å². The highest BCUT2D eigenvalue weighted by Crippen LogP contribution is 2.30. The van der Waals surface area contributed by atoms with Crippen molar-refractivity contribution in [2.24, 2.45) is 7.05 Å². The number of para-hydroxylation sites is 2. The van der Waals surface area contributed by atoms with Gasteiger partial charge in [0.05, 0.1) is 22.2 Å². The monoisotopic (exact) mass is 327 g/mol. The Labute approximate surface area is 136 Å². The fraction of sp³-hybridized carbons (Fsp3) is 0.111. The lowest BCUT2D eigenvalue weighted by molar-refractivity contribution is -0.137. The van der Waals surface area contributed by atoms with Gasteiger partial charge in [-0.05, 0) is 35.9 Å². The topological polar surface area (TPSA) is 41.6 Å². The smallest absolute Gasteiger partial charge is 0.327 e. The van der Waals surface area contributed by atoms with E-state index in [1.54, 1.807) is 11.6 Å². The van der Waals surface area contributed by atoms with E-state index in [0.717, 1.165) is 23.2 Å². The zero-order valence-corrected chi connectivity index (χ0v) is 12.7. The highest BCUT2D eigenvalue weighted by molar-refractivity contribution is 5.90. The number of imidazole rings is 1. The second kappa shape index (κ2) is 5.85. The van der Waals surface area contributed by atoms with Crippen LogP contribution >= 0.6 is 0 Å². The highest BCUT2D eigenvalue weighted by atomic mass is 19.4. The summed E-state index contributed by atoms with van der Waals surface area (Å²) < 4.78 is 40.2. The number of nitriles is 1. The first-order valence-corrected chi connectivity index (χ1v) is 7.11. The zero-order chi connectivity index (χ0) is 17.3. The molecule has 1 aromatic heterocycles. The van der Waals surface area contributed by atoms with E-state index in [1.807, 2.05) is 30.3 Å². The van der Waals surface area contributed by atoms with Gasteiger partial charge in [-0.1, -0.05) is 24.3 Å². The molecule has 0 unspecified atom stereocenters. The third-order valence-corrected chi connectivity index (χ3v) is 3.67. The Bertz CT molecular complexity index is 975. The summed E-state index contributed by atoms with van der Waals surface area (Å²) in [5.74, 6) is 0.413. The second-order valence-electron chi connectivity index (χ2n) is 5.28. The number of aryl methyl sites for hydroxylation is 1. The molecule has 0 aliphatic rings. The van der Waals surface area contributed by atoms with Crippen LogP contribution in [-0.4, -0.2) is 9.55 Å². The maximum absolute atomic E-state index is 12.8. The molecule has 3 rings (SSSR count). The molecular formula is C18H12F3N3. The molecule has 0 N–H and O–H groups in total. The molecule has 3 nitrogen and oxygen atoms in total. The lowest BCUT2D eigenvalue weighted by Crippen LogP contribution is -2.04.